The van der Waals surface area contributed by atoms with Gasteiger partial charge in [0.1, 0.15) is 6.54 Å². The fourth-order valence-corrected chi connectivity index (χ4v) is 1.98. The van der Waals surface area contributed by atoms with Crippen molar-refractivity contribution in [3.8, 4) is 11.4 Å². The van der Waals surface area contributed by atoms with Crippen molar-refractivity contribution < 1.29 is 4.79 Å². The number of aromatic nitrogens is 5. The predicted octanol–water partition coefficient (Wildman–Crippen LogP) is 1.28. The first-order valence-electron chi connectivity index (χ1n) is 7.29. The van der Waals surface area contributed by atoms with E-state index in [4.69, 9.17) is 0 Å². The Bertz CT molecular complexity index is 843. The number of pyridine rings is 1. The Morgan fingerprint density at radius 2 is 1.92 bits per heavy atom. The molecule has 120 valence electrons. The van der Waals surface area contributed by atoms with E-state index >= 15 is 0 Å². The Balaban J connectivity index is 1.61. The molecule has 0 aliphatic heterocycles. The molecule has 8 nitrogen and oxygen atoms in total. The van der Waals surface area contributed by atoms with Crippen LogP contribution in [0.1, 0.15) is 12.5 Å². The molecule has 0 spiro atoms. The van der Waals surface area contributed by atoms with E-state index in [0.717, 1.165) is 11.1 Å². The zero-order valence-corrected chi connectivity index (χ0v) is 13.0. The summed E-state index contributed by atoms with van der Waals surface area (Å²) in [6.45, 7) is 1.74. The molecule has 2 aromatic heterocycles. The maximum atomic E-state index is 11.9. The highest BCUT2D eigenvalue weighted by atomic mass is 16.2. The van der Waals surface area contributed by atoms with Crippen molar-refractivity contribution in [1.29, 1.82) is 0 Å². The monoisotopic (exact) mass is 321 g/mol. The van der Waals surface area contributed by atoms with E-state index in [1.54, 1.807) is 19.3 Å². The zero-order valence-electron chi connectivity index (χ0n) is 13.0. The van der Waals surface area contributed by atoms with Crippen LogP contribution in [0.2, 0.25) is 0 Å². The van der Waals surface area contributed by atoms with Gasteiger partial charge >= 0.3 is 0 Å². The fraction of sp³-hybridized carbons (Fsp3) is 0.125. The molecule has 3 aromatic rings. The van der Waals surface area contributed by atoms with Crippen molar-refractivity contribution in [1.82, 2.24) is 30.6 Å². The quantitative estimate of drug-likeness (QED) is 0.564. The molecule has 2 heterocycles. The van der Waals surface area contributed by atoms with Crippen LogP contribution in [0.4, 0.5) is 0 Å². The summed E-state index contributed by atoms with van der Waals surface area (Å²) in [6.07, 6.45) is 3.33. The molecular weight excluding hydrogens is 306 g/mol. The highest BCUT2D eigenvalue weighted by Gasteiger charge is 2.08. The number of amides is 1. The van der Waals surface area contributed by atoms with Crippen LogP contribution in [-0.4, -0.2) is 36.8 Å². The Labute approximate surface area is 138 Å². The molecule has 0 saturated carbocycles. The Kier molecular flexibility index (Phi) is 4.66. The number of nitrogens with one attached hydrogen (secondary N) is 1. The summed E-state index contributed by atoms with van der Waals surface area (Å²) in [6, 6.07) is 13.1. The summed E-state index contributed by atoms with van der Waals surface area (Å²) in [4.78, 5) is 17.1. The van der Waals surface area contributed by atoms with E-state index in [0.29, 0.717) is 11.5 Å². The normalized spacial score (nSPS) is 11.3. The number of tetrazole rings is 1. The number of carbonyl (C=O) groups excluding carboxylic acids is 1. The molecule has 1 aromatic carbocycles. The highest BCUT2D eigenvalue weighted by Crippen LogP contribution is 2.11. The van der Waals surface area contributed by atoms with Crippen LogP contribution in [0.3, 0.4) is 0 Å². The second-order valence-electron chi connectivity index (χ2n) is 4.98. The third-order valence-corrected chi connectivity index (χ3v) is 3.22. The van der Waals surface area contributed by atoms with E-state index in [-0.39, 0.29) is 12.5 Å². The van der Waals surface area contributed by atoms with Gasteiger partial charge in [-0.2, -0.15) is 9.90 Å². The first-order chi connectivity index (χ1) is 11.7. The molecule has 8 heteroatoms. The molecule has 24 heavy (non-hydrogen) atoms. The number of carbonyl (C=O) groups is 1. The summed E-state index contributed by atoms with van der Waals surface area (Å²) in [5, 5.41) is 16.1. The molecule has 1 amide bonds. The fourth-order valence-electron chi connectivity index (χ4n) is 1.98. The van der Waals surface area contributed by atoms with Crippen molar-refractivity contribution in [2.45, 2.75) is 13.5 Å². The molecule has 0 unspecified atom stereocenters. The molecule has 1 N–H and O–H groups in total. The van der Waals surface area contributed by atoms with Gasteiger partial charge in [0.05, 0.1) is 5.71 Å². The van der Waals surface area contributed by atoms with E-state index in [9.17, 15) is 4.79 Å². The van der Waals surface area contributed by atoms with E-state index in [1.165, 1.54) is 4.80 Å². The SMILES string of the molecule is CC(=NNC(=O)Cn1nnc(-c2ccccc2)n1)c1ccncc1. The minimum absolute atomic E-state index is 0.0625. The molecule has 0 radical (unpaired) electrons. The van der Waals surface area contributed by atoms with Gasteiger partial charge < -0.3 is 0 Å². The lowest BCUT2D eigenvalue weighted by Gasteiger charge is -2.02. The molecule has 0 aliphatic carbocycles. The minimum Gasteiger partial charge on any atom is -0.271 e. The van der Waals surface area contributed by atoms with Crippen LogP contribution in [-0.2, 0) is 11.3 Å². The maximum Gasteiger partial charge on any atom is 0.263 e. The van der Waals surface area contributed by atoms with Gasteiger partial charge in [0.25, 0.3) is 5.91 Å². The van der Waals surface area contributed by atoms with Crippen LogP contribution < -0.4 is 5.43 Å². The van der Waals surface area contributed by atoms with Crippen molar-refractivity contribution >= 4 is 11.6 Å². The maximum absolute atomic E-state index is 11.9. The molecule has 0 aliphatic rings. The average molecular weight is 321 g/mol. The summed E-state index contributed by atoms with van der Waals surface area (Å²) >= 11 is 0. The Morgan fingerprint density at radius 1 is 1.17 bits per heavy atom. The molecule has 0 saturated heterocycles. The van der Waals surface area contributed by atoms with E-state index in [1.807, 2.05) is 42.5 Å². The van der Waals surface area contributed by atoms with Crippen LogP contribution in [0.15, 0.2) is 60.0 Å². The number of hydrogen-bond acceptors (Lipinski definition) is 6. The van der Waals surface area contributed by atoms with Gasteiger partial charge in [0.15, 0.2) is 0 Å². The number of rotatable bonds is 5. The van der Waals surface area contributed by atoms with Gasteiger partial charge in [0, 0.05) is 23.5 Å². The van der Waals surface area contributed by atoms with E-state index < -0.39 is 0 Å². The van der Waals surface area contributed by atoms with Crippen molar-refractivity contribution in [3.63, 3.8) is 0 Å². The summed E-state index contributed by atoms with van der Waals surface area (Å²) < 4.78 is 0. The lowest BCUT2D eigenvalue weighted by molar-refractivity contribution is -0.122. The number of benzene rings is 1. The van der Waals surface area contributed by atoms with Crippen LogP contribution in [0, 0.1) is 0 Å². The van der Waals surface area contributed by atoms with Gasteiger partial charge in [-0.05, 0) is 24.3 Å². The van der Waals surface area contributed by atoms with Gasteiger partial charge in [-0.25, -0.2) is 5.43 Å². The van der Waals surface area contributed by atoms with Crippen LogP contribution in [0.5, 0.6) is 0 Å². The van der Waals surface area contributed by atoms with Crippen molar-refractivity contribution in [3.05, 3.63) is 60.4 Å². The number of hydrogen-bond donors (Lipinski definition) is 1. The van der Waals surface area contributed by atoms with E-state index in [2.05, 4.69) is 30.9 Å². The summed E-state index contributed by atoms with van der Waals surface area (Å²) in [5.74, 6) is 0.139. The summed E-state index contributed by atoms with van der Waals surface area (Å²) in [5.41, 5.74) is 4.89. The topological polar surface area (TPSA) is 98.0 Å². The summed E-state index contributed by atoms with van der Waals surface area (Å²) in [7, 11) is 0. The van der Waals surface area contributed by atoms with Crippen molar-refractivity contribution in [2.75, 3.05) is 0 Å². The lowest BCUT2D eigenvalue weighted by Crippen LogP contribution is -2.25. The second-order valence-corrected chi connectivity index (χ2v) is 4.98. The Hall–Kier alpha value is -3.42. The van der Waals surface area contributed by atoms with Gasteiger partial charge in [-0.3, -0.25) is 9.78 Å². The van der Waals surface area contributed by atoms with Gasteiger partial charge in [0.2, 0.25) is 5.82 Å². The Morgan fingerprint density at radius 3 is 2.67 bits per heavy atom. The molecule has 0 atom stereocenters. The van der Waals surface area contributed by atoms with Gasteiger partial charge in [-0.15, -0.1) is 10.2 Å². The van der Waals surface area contributed by atoms with Crippen molar-refractivity contribution in [2.24, 2.45) is 5.10 Å². The molecule has 3 rings (SSSR count). The second kappa shape index (κ2) is 7.23. The smallest absolute Gasteiger partial charge is 0.263 e. The largest absolute Gasteiger partial charge is 0.271 e. The van der Waals surface area contributed by atoms with Crippen LogP contribution >= 0.6 is 0 Å². The minimum atomic E-state index is -0.333. The predicted molar refractivity (Wildman–Crippen MR) is 87.8 cm³/mol. The first kappa shape index (κ1) is 15.5. The molecular formula is C16H15N7O. The van der Waals surface area contributed by atoms with Gasteiger partial charge in [-0.1, -0.05) is 30.3 Å². The molecule has 0 fully saturated rings. The third kappa shape index (κ3) is 3.86. The third-order valence-electron chi connectivity index (χ3n) is 3.22. The lowest BCUT2D eigenvalue weighted by atomic mass is 10.2. The number of nitrogens with zero attached hydrogens (tertiary/aromatic N) is 6. The average Bonchev–Trinajstić information content (AvgIpc) is 3.09. The molecule has 0 bridgehead atoms. The van der Waals surface area contributed by atoms with Crippen LogP contribution in [0.25, 0.3) is 11.4 Å². The first-order valence-corrected chi connectivity index (χ1v) is 7.29. The number of hydrazone groups is 1. The highest BCUT2D eigenvalue weighted by molar-refractivity contribution is 5.99. The standard InChI is InChI=1S/C16H15N7O/c1-12(13-7-9-17-10-8-13)18-19-15(24)11-23-21-16(20-22-23)14-5-3-2-4-6-14/h2-10H,11H2,1H3,(H,19,24). The zero-order chi connectivity index (χ0) is 16.8.